The number of esters is 1. The minimum absolute atomic E-state index is 0.293. The van der Waals surface area contributed by atoms with Crippen LogP contribution in [-0.2, 0) is 4.74 Å². The largest absolute Gasteiger partial charge is 0.417 e. The van der Waals surface area contributed by atoms with Crippen molar-refractivity contribution in [3.8, 4) is 0 Å². The van der Waals surface area contributed by atoms with Gasteiger partial charge < -0.3 is 14.7 Å². The van der Waals surface area contributed by atoms with Crippen molar-refractivity contribution in [3.05, 3.63) is 34.1 Å². The number of likely N-dealkylation sites (tertiary alicyclic amines) is 1. The molecule has 2 rings (SSSR count). The van der Waals surface area contributed by atoms with Crippen molar-refractivity contribution < 1.29 is 23.8 Å². The third-order valence-electron chi connectivity index (χ3n) is 3.05. The van der Waals surface area contributed by atoms with Crippen molar-refractivity contribution in [2.24, 2.45) is 0 Å². The summed E-state index contributed by atoms with van der Waals surface area (Å²) in [6.45, 7) is 0.631. The van der Waals surface area contributed by atoms with E-state index in [1.165, 1.54) is 17.0 Å². The van der Waals surface area contributed by atoms with Crippen molar-refractivity contribution in [1.82, 2.24) is 4.90 Å². The third-order valence-corrected chi connectivity index (χ3v) is 3.55. The number of ether oxygens (including phenoxy) is 1. The van der Waals surface area contributed by atoms with Gasteiger partial charge >= 0.3 is 12.1 Å². The van der Waals surface area contributed by atoms with Crippen LogP contribution in [0.3, 0.4) is 0 Å². The number of nitrogens with zero attached hydrogens (tertiary/aromatic N) is 1. The van der Waals surface area contributed by atoms with Crippen molar-refractivity contribution in [2.75, 3.05) is 13.1 Å². The number of halogens is 2. The van der Waals surface area contributed by atoms with Crippen LogP contribution in [0.4, 0.5) is 9.18 Å². The molecule has 0 unspecified atom stereocenters. The van der Waals surface area contributed by atoms with Gasteiger partial charge in [-0.3, -0.25) is 0 Å². The van der Waals surface area contributed by atoms with Gasteiger partial charge in [-0.05, 0) is 31.0 Å². The van der Waals surface area contributed by atoms with Gasteiger partial charge in [-0.2, -0.15) is 0 Å². The first kappa shape index (κ1) is 14.9. The normalized spacial score (nSPS) is 16.1. The monoisotopic (exact) mass is 345 g/mol. The molecule has 20 heavy (non-hydrogen) atoms. The number of amides is 1. The van der Waals surface area contributed by atoms with Gasteiger partial charge in [0.1, 0.15) is 5.82 Å². The summed E-state index contributed by atoms with van der Waals surface area (Å²) >= 11 is 3.07. The molecule has 0 aromatic heterocycles. The first-order chi connectivity index (χ1) is 9.47. The lowest BCUT2D eigenvalue weighted by Gasteiger charge is -2.28. The molecule has 0 atom stereocenters. The second-order valence-electron chi connectivity index (χ2n) is 4.50. The van der Waals surface area contributed by atoms with E-state index < -0.39 is 24.0 Å². The summed E-state index contributed by atoms with van der Waals surface area (Å²) in [5, 5.41) is 9.33. The molecule has 1 N–H and O–H groups in total. The summed E-state index contributed by atoms with van der Waals surface area (Å²) in [5.41, 5.74) is -0.293. The quantitative estimate of drug-likeness (QED) is 0.626. The van der Waals surface area contributed by atoms with Crippen molar-refractivity contribution >= 4 is 28.0 Å². The van der Waals surface area contributed by atoms with E-state index >= 15 is 0 Å². The Morgan fingerprint density at radius 1 is 1.35 bits per heavy atom. The number of carbonyl (C=O) groups excluding carboxylic acids is 2. The molecule has 1 heterocycles. The molecule has 0 bridgehead atoms. The molecule has 108 valence electrons. The number of aliphatic hydroxyl groups is 1. The number of rotatable bonds is 1. The van der Waals surface area contributed by atoms with E-state index in [1.54, 1.807) is 0 Å². The Balaban J connectivity index is 1.99. The van der Waals surface area contributed by atoms with Crippen LogP contribution in [0, 0.1) is 5.82 Å². The average molecular weight is 346 g/mol. The first-order valence-electron chi connectivity index (χ1n) is 6.11. The molecule has 1 aromatic carbocycles. The van der Waals surface area contributed by atoms with E-state index in [1.807, 2.05) is 0 Å². The second kappa shape index (κ2) is 6.32. The highest BCUT2D eigenvalue weighted by molar-refractivity contribution is 9.10. The average Bonchev–Trinajstić information content (AvgIpc) is 2.39. The van der Waals surface area contributed by atoms with Gasteiger partial charge in [0.2, 0.25) is 0 Å². The Bertz CT molecular complexity index is 529. The maximum atomic E-state index is 13.6. The summed E-state index contributed by atoms with van der Waals surface area (Å²) in [6.07, 6.45) is -0.367. The van der Waals surface area contributed by atoms with Gasteiger partial charge in [0.15, 0.2) is 0 Å². The van der Waals surface area contributed by atoms with Gasteiger partial charge in [0.25, 0.3) is 0 Å². The van der Waals surface area contributed by atoms with Crippen LogP contribution in [0.5, 0.6) is 0 Å². The van der Waals surface area contributed by atoms with Crippen LogP contribution in [0.25, 0.3) is 0 Å². The van der Waals surface area contributed by atoms with Gasteiger partial charge in [-0.1, -0.05) is 15.9 Å². The lowest BCUT2D eigenvalue weighted by atomic mass is 10.1. The molecule has 0 aliphatic carbocycles. The highest BCUT2D eigenvalue weighted by Gasteiger charge is 2.25. The Morgan fingerprint density at radius 3 is 2.60 bits per heavy atom. The molecule has 7 heteroatoms. The maximum Gasteiger partial charge on any atom is 0.417 e. The number of hydrogen-bond donors (Lipinski definition) is 1. The second-order valence-corrected chi connectivity index (χ2v) is 5.41. The van der Waals surface area contributed by atoms with Crippen LogP contribution in [0.15, 0.2) is 22.7 Å². The van der Waals surface area contributed by atoms with Crippen LogP contribution < -0.4 is 0 Å². The summed E-state index contributed by atoms with van der Waals surface area (Å²) in [7, 11) is 0. The summed E-state index contributed by atoms with van der Waals surface area (Å²) in [4.78, 5) is 24.8. The zero-order valence-electron chi connectivity index (χ0n) is 10.5. The molecular weight excluding hydrogens is 333 g/mol. The van der Waals surface area contributed by atoms with E-state index in [0.29, 0.717) is 30.4 Å². The predicted octanol–water partition coefficient (Wildman–Crippen LogP) is 2.32. The van der Waals surface area contributed by atoms with Crippen LogP contribution in [-0.4, -0.2) is 41.3 Å². The summed E-state index contributed by atoms with van der Waals surface area (Å²) in [5.74, 6) is -1.78. The number of piperidine rings is 1. The van der Waals surface area contributed by atoms with Crippen LogP contribution in [0.2, 0.25) is 0 Å². The molecule has 1 aromatic rings. The van der Waals surface area contributed by atoms with Crippen molar-refractivity contribution in [3.63, 3.8) is 0 Å². The van der Waals surface area contributed by atoms with E-state index in [4.69, 9.17) is 0 Å². The molecular formula is C13H13BrFNO4. The molecule has 1 aliphatic heterocycles. The molecule has 0 spiro atoms. The molecule has 0 radical (unpaired) electrons. The Labute approximate surface area is 123 Å². The molecule has 1 saturated heterocycles. The Morgan fingerprint density at radius 2 is 2.00 bits per heavy atom. The summed E-state index contributed by atoms with van der Waals surface area (Å²) in [6, 6.07) is 3.86. The molecule has 0 saturated carbocycles. The molecule has 1 aliphatic rings. The number of aliphatic hydroxyl groups excluding tert-OH is 1. The highest BCUT2D eigenvalue weighted by atomic mass is 79.9. The van der Waals surface area contributed by atoms with Crippen LogP contribution in [0.1, 0.15) is 23.2 Å². The zero-order valence-corrected chi connectivity index (χ0v) is 12.1. The van der Waals surface area contributed by atoms with Gasteiger partial charge in [0, 0.05) is 17.6 Å². The smallest absolute Gasteiger partial charge is 0.393 e. The zero-order chi connectivity index (χ0) is 14.7. The lowest BCUT2D eigenvalue weighted by Crippen LogP contribution is -2.41. The van der Waals surface area contributed by atoms with E-state index in [2.05, 4.69) is 20.7 Å². The van der Waals surface area contributed by atoms with Gasteiger partial charge in [-0.15, -0.1) is 0 Å². The molecule has 1 amide bonds. The van der Waals surface area contributed by atoms with Gasteiger partial charge in [0.05, 0.1) is 11.7 Å². The predicted molar refractivity (Wildman–Crippen MR) is 71.7 cm³/mol. The standard InChI is InChI=1S/C13H13BrFNO4/c14-8-1-2-10(11(15)7-8)12(18)20-13(19)16-5-3-9(17)4-6-16/h1-2,7,9,17H,3-6H2. The van der Waals surface area contributed by atoms with E-state index in [0.717, 1.165) is 6.07 Å². The van der Waals surface area contributed by atoms with Gasteiger partial charge in [-0.25, -0.2) is 14.0 Å². The third kappa shape index (κ3) is 3.55. The fourth-order valence-corrected chi connectivity index (χ4v) is 2.24. The number of benzene rings is 1. The molecule has 1 fully saturated rings. The van der Waals surface area contributed by atoms with E-state index in [9.17, 15) is 19.1 Å². The lowest BCUT2D eigenvalue weighted by molar-refractivity contribution is 0.0437. The highest BCUT2D eigenvalue weighted by Crippen LogP contribution is 2.17. The molecule has 5 nitrogen and oxygen atoms in total. The van der Waals surface area contributed by atoms with Crippen molar-refractivity contribution in [1.29, 1.82) is 0 Å². The van der Waals surface area contributed by atoms with Crippen molar-refractivity contribution in [2.45, 2.75) is 18.9 Å². The topological polar surface area (TPSA) is 66.8 Å². The maximum absolute atomic E-state index is 13.6. The number of hydrogen-bond acceptors (Lipinski definition) is 4. The first-order valence-corrected chi connectivity index (χ1v) is 6.91. The fourth-order valence-electron chi connectivity index (χ4n) is 1.90. The SMILES string of the molecule is O=C(OC(=O)N1CCC(O)CC1)c1ccc(Br)cc1F. The fraction of sp³-hybridized carbons (Fsp3) is 0.385. The minimum atomic E-state index is -1.02. The van der Waals surface area contributed by atoms with E-state index in [-0.39, 0.29) is 5.56 Å². The Hall–Kier alpha value is -1.47. The minimum Gasteiger partial charge on any atom is -0.393 e. The Kier molecular flexibility index (Phi) is 4.72. The number of carbonyl (C=O) groups is 2. The van der Waals surface area contributed by atoms with Crippen LogP contribution >= 0.6 is 15.9 Å². The summed E-state index contributed by atoms with van der Waals surface area (Å²) < 4.78 is 18.7.